The molecule has 0 spiro atoms. The van der Waals surface area contributed by atoms with Gasteiger partial charge in [-0.25, -0.2) is 9.78 Å². The van der Waals surface area contributed by atoms with Crippen molar-refractivity contribution in [2.75, 3.05) is 32.5 Å². The summed E-state index contributed by atoms with van der Waals surface area (Å²) in [6.07, 6.45) is 0. The second-order valence-electron chi connectivity index (χ2n) is 3.88. The van der Waals surface area contributed by atoms with Gasteiger partial charge in [-0.3, -0.25) is 0 Å². The Bertz CT molecular complexity index is 377. The quantitative estimate of drug-likeness (QED) is 0.781. The first kappa shape index (κ1) is 12.4. The predicted octanol–water partition coefficient (Wildman–Crippen LogP) is 1.06. The van der Waals surface area contributed by atoms with Gasteiger partial charge in [0, 0.05) is 18.8 Å². The van der Waals surface area contributed by atoms with E-state index in [4.69, 9.17) is 5.11 Å². The summed E-state index contributed by atoms with van der Waals surface area (Å²) >= 11 is 0. The van der Waals surface area contributed by atoms with Crippen LogP contribution in [-0.4, -0.2) is 48.1 Å². The number of anilines is 1. The molecule has 0 aliphatic heterocycles. The molecule has 5 nitrogen and oxygen atoms in total. The van der Waals surface area contributed by atoms with Crippen molar-refractivity contribution in [2.45, 2.75) is 6.92 Å². The smallest absolute Gasteiger partial charge is 0.339 e. The van der Waals surface area contributed by atoms with Gasteiger partial charge in [0.1, 0.15) is 11.4 Å². The molecule has 0 amide bonds. The minimum Gasteiger partial charge on any atom is -0.478 e. The van der Waals surface area contributed by atoms with E-state index in [-0.39, 0.29) is 5.56 Å². The minimum atomic E-state index is -0.958. The first-order valence-electron chi connectivity index (χ1n) is 5.10. The number of aromatic carboxylic acids is 1. The van der Waals surface area contributed by atoms with Crippen LogP contribution in [0.1, 0.15) is 16.1 Å². The van der Waals surface area contributed by atoms with Crippen molar-refractivity contribution in [3.05, 3.63) is 23.4 Å². The number of rotatable bonds is 5. The van der Waals surface area contributed by atoms with Crippen LogP contribution in [0.15, 0.2) is 12.1 Å². The van der Waals surface area contributed by atoms with Crippen LogP contribution in [0.5, 0.6) is 0 Å². The van der Waals surface area contributed by atoms with Gasteiger partial charge in [0.05, 0.1) is 0 Å². The zero-order valence-electron chi connectivity index (χ0n) is 9.82. The van der Waals surface area contributed by atoms with Crippen molar-refractivity contribution in [1.29, 1.82) is 0 Å². The van der Waals surface area contributed by atoms with E-state index in [9.17, 15) is 4.79 Å². The lowest BCUT2D eigenvalue weighted by molar-refractivity contribution is 0.0697. The summed E-state index contributed by atoms with van der Waals surface area (Å²) in [5.74, 6) is -0.519. The molecule has 0 aromatic carbocycles. The Labute approximate surface area is 95.1 Å². The van der Waals surface area contributed by atoms with Gasteiger partial charge in [-0.2, -0.15) is 0 Å². The molecule has 1 aromatic rings. The fourth-order valence-corrected chi connectivity index (χ4v) is 1.26. The Hall–Kier alpha value is -1.62. The van der Waals surface area contributed by atoms with Crippen LogP contribution in [0.3, 0.4) is 0 Å². The Kier molecular flexibility index (Phi) is 4.25. The predicted molar refractivity (Wildman–Crippen MR) is 63.0 cm³/mol. The molecule has 0 fully saturated rings. The highest BCUT2D eigenvalue weighted by molar-refractivity contribution is 5.93. The van der Waals surface area contributed by atoms with Gasteiger partial charge in [0.2, 0.25) is 0 Å². The molecule has 1 heterocycles. The largest absolute Gasteiger partial charge is 0.478 e. The molecule has 1 rings (SSSR count). The second kappa shape index (κ2) is 5.46. The maximum Gasteiger partial charge on any atom is 0.339 e. The number of aromatic nitrogens is 1. The SMILES string of the molecule is Cc1ccc(C(=O)O)c(NCCN(C)C)n1. The van der Waals surface area contributed by atoms with Gasteiger partial charge in [0.15, 0.2) is 0 Å². The Morgan fingerprint density at radius 2 is 2.19 bits per heavy atom. The molecule has 0 atom stereocenters. The molecule has 88 valence electrons. The Morgan fingerprint density at radius 3 is 2.75 bits per heavy atom. The Balaban J connectivity index is 2.76. The normalized spacial score (nSPS) is 10.5. The first-order chi connectivity index (χ1) is 7.50. The maximum absolute atomic E-state index is 10.9. The fourth-order valence-electron chi connectivity index (χ4n) is 1.26. The third-order valence-corrected chi connectivity index (χ3v) is 2.12. The zero-order valence-corrected chi connectivity index (χ0v) is 9.82. The van der Waals surface area contributed by atoms with Crippen molar-refractivity contribution in [2.24, 2.45) is 0 Å². The van der Waals surface area contributed by atoms with Gasteiger partial charge in [-0.05, 0) is 33.2 Å². The number of pyridine rings is 1. The van der Waals surface area contributed by atoms with E-state index in [1.807, 2.05) is 25.9 Å². The number of carboxylic acids is 1. The number of hydrogen-bond donors (Lipinski definition) is 2. The molecule has 0 unspecified atom stereocenters. The van der Waals surface area contributed by atoms with Crippen molar-refractivity contribution < 1.29 is 9.90 Å². The van der Waals surface area contributed by atoms with E-state index in [1.54, 1.807) is 12.1 Å². The highest BCUT2D eigenvalue weighted by Gasteiger charge is 2.10. The monoisotopic (exact) mass is 223 g/mol. The highest BCUT2D eigenvalue weighted by atomic mass is 16.4. The molecule has 0 saturated carbocycles. The van der Waals surface area contributed by atoms with Crippen molar-refractivity contribution >= 4 is 11.8 Å². The lowest BCUT2D eigenvalue weighted by Crippen LogP contribution is -2.22. The molecule has 0 saturated heterocycles. The van der Waals surface area contributed by atoms with E-state index in [1.165, 1.54) is 0 Å². The van der Waals surface area contributed by atoms with Gasteiger partial charge < -0.3 is 15.3 Å². The fraction of sp³-hybridized carbons (Fsp3) is 0.455. The average molecular weight is 223 g/mol. The molecule has 1 aromatic heterocycles. The first-order valence-corrected chi connectivity index (χ1v) is 5.10. The van der Waals surface area contributed by atoms with Gasteiger partial charge in [-0.1, -0.05) is 0 Å². The summed E-state index contributed by atoms with van der Waals surface area (Å²) in [7, 11) is 3.92. The number of nitrogens with zero attached hydrogens (tertiary/aromatic N) is 2. The number of carboxylic acid groups (broad SMARTS) is 1. The topological polar surface area (TPSA) is 65.5 Å². The number of nitrogens with one attached hydrogen (secondary N) is 1. The van der Waals surface area contributed by atoms with Crippen LogP contribution < -0.4 is 5.32 Å². The molecule has 5 heteroatoms. The van der Waals surface area contributed by atoms with Gasteiger partial charge in [-0.15, -0.1) is 0 Å². The molecule has 0 aliphatic rings. The summed E-state index contributed by atoms with van der Waals surface area (Å²) < 4.78 is 0. The minimum absolute atomic E-state index is 0.212. The van der Waals surface area contributed by atoms with Crippen molar-refractivity contribution in [3.63, 3.8) is 0 Å². The van der Waals surface area contributed by atoms with Crippen LogP contribution in [-0.2, 0) is 0 Å². The summed E-state index contributed by atoms with van der Waals surface area (Å²) in [4.78, 5) is 17.1. The van der Waals surface area contributed by atoms with Crippen molar-refractivity contribution in [3.8, 4) is 0 Å². The summed E-state index contributed by atoms with van der Waals surface area (Å²) in [6, 6.07) is 3.27. The molecular formula is C11H17N3O2. The van der Waals surface area contributed by atoms with E-state index in [2.05, 4.69) is 10.3 Å². The molecule has 0 aliphatic carbocycles. The van der Waals surface area contributed by atoms with Crippen molar-refractivity contribution in [1.82, 2.24) is 9.88 Å². The molecule has 16 heavy (non-hydrogen) atoms. The molecule has 2 N–H and O–H groups in total. The van der Waals surface area contributed by atoms with Gasteiger partial charge >= 0.3 is 5.97 Å². The van der Waals surface area contributed by atoms with E-state index in [0.717, 1.165) is 12.2 Å². The third kappa shape index (κ3) is 3.51. The number of likely N-dealkylation sites (N-methyl/N-ethyl adjacent to an activating group) is 1. The Morgan fingerprint density at radius 1 is 1.50 bits per heavy atom. The van der Waals surface area contributed by atoms with Crippen LogP contribution in [0.2, 0.25) is 0 Å². The number of hydrogen-bond acceptors (Lipinski definition) is 4. The van der Waals surface area contributed by atoms with E-state index in [0.29, 0.717) is 12.4 Å². The van der Waals surface area contributed by atoms with E-state index >= 15 is 0 Å². The maximum atomic E-state index is 10.9. The number of carbonyl (C=O) groups is 1. The average Bonchev–Trinajstić information content (AvgIpc) is 2.16. The van der Waals surface area contributed by atoms with Crippen LogP contribution in [0.25, 0.3) is 0 Å². The standard InChI is InChI=1S/C11H17N3O2/c1-8-4-5-9(11(15)16)10(13-8)12-6-7-14(2)3/h4-5H,6-7H2,1-3H3,(H,12,13)(H,15,16). The molecular weight excluding hydrogens is 206 g/mol. The van der Waals surface area contributed by atoms with Crippen LogP contribution in [0.4, 0.5) is 5.82 Å². The van der Waals surface area contributed by atoms with Crippen LogP contribution >= 0.6 is 0 Å². The van der Waals surface area contributed by atoms with Gasteiger partial charge in [0.25, 0.3) is 0 Å². The van der Waals surface area contributed by atoms with Crippen LogP contribution in [0, 0.1) is 6.92 Å². The molecule has 0 radical (unpaired) electrons. The number of aryl methyl sites for hydroxylation is 1. The molecule has 0 bridgehead atoms. The third-order valence-electron chi connectivity index (χ3n) is 2.12. The van der Waals surface area contributed by atoms with E-state index < -0.39 is 5.97 Å². The second-order valence-corrected chi connectivity index (χ2v) is 3.88. The summed E-state index contributed by atoms with van der Waals surface area (Å²) in [5, 5.41) is 12.0. The lowest BCUT2D eigenvalue weighted by Gasteiger charge is -2.12. The highest BCUT2D eigenvalue weighted by Crippen LogP contribution is 2.12. The lowest BCUT2D eigenvalue weighted by atomic mass is 10.2. The summed E-state index contributed by atoms with van der Waals surface area (Å²) in [5.41, 5.74) is 1.02. The summed E-state index contributed by atoms with van der Waals surface area (Å²) in [6.45, 7) is 3.33. The zero-order chi connectivity index (χ0) is 12.1.